The summed E-state index contributed by atoms with van der Waals surface area (Å²) in [6, 6.07) is 0. The van der Waals surface area contributed by atoms with Crippen LogP contribution in [0, 0.1) is 5.41 Å². The third-order valence-corrected chi connectivity index (χ3v) is 5.52. The van der Waals surface area contributed by atoms with E-state index >= 15 is 0 Å². The molecule has 0 amide bonds. The van der Waals surface area contributed by atoms with Crippen molar-refractivity contribution >= 4 is 23.2 Å². The lowest BCUT2D eigenvalue weighted by Crippen LogP contribution is -2.34. The molecule has 1 N–H and O–H groups in total. The van der Waals surface area contributed by atoms with Gasteiger partial charge in [-0.25, -0.2) is 0 Å². The molecule has 0 radical (unpaired) electrons. The summed E-state index contributed by atoms with van der Waals surface area (Å²) in [7, 11) is 0. The van der Waals surface area contributed by atoms with E-state index in [1.807, 2.05) is 0 Å². The molecule has 0 aromatic heterocycles. The lowest BCUT2D eigenvalue weighted by molar-refractivity contribution is -0.185. The lowest BCUT2D eigenvalue weighted by Gasteiger charge is -2.28. The van der Waals surface area contributed by atoms with E-state index in [9.17, 15) is 5.11 Å². The smallest absolute Gasteiger partial charge is 0.205 e. The number of unbranched alkanes of at least 4 members (excludes halogenated alkanes) is 1. The number of allylic oxidation sites excluding steroid dienone is 1. The van der Waals surface area contributed by atoms with Gasteiger partial charge in [-0.15, -0.1) is 0 Å². The van der Waals surface area contributed by atoms with Gasteiger partial charge in [0.1, 0.15) is 0 Å². The number of hydrogen-bond donors (Lipinski definition) is 1. The molecule has 0 aromatic carbocycles. The van der Waals surface area contributed by atoms with Crippen LogP contribution in [0.3, 0.4) is 0 Å². The second-order valence-electron chi connectivity index (χ2n) is 5.89. The van der Waals surface area contributed by atoms with Gasteiger partial charge in [-0.1, -0.05) is 49.4 Å². The highest BCUT2D eigenvalue weighted by Crippen LogP contribution is 2.59. The highest BCUT2D eigenvalue weighted by atomic mass is 35.5. The average molecular weight is 323 g/mol. The Balaban J connectivity index is 1.85. The van der Waals surface area contributed by atoms with Gasteiger partial charge in [0.05, 0.1) is 18.2 Å². The van der Waals surface area contributed by atoms with Gasteiger partial charge < -0.3 is 14.6 Å². The highest BCUT2D eigenvalue weighted by Gasteiger charge is 2.54. The first-order valence-corrected chi connectivity index (χ1v) is 8.30. The molecule has 116 valence electrons. The van der Waals surface area contributed by atoms with Gasteiger partial charge in [-0.2, -0.15) is 0 Å². The van der Waals surface area contributed by atoms with Crippen molar-refractivity contribution in [1.29, 1.82) is 0 Å². The Bertz CT molecular complexity index is 364. The zero-order chi connectivity index (χ0) is 14.6. The van der Waals surface area contributed by atoms with Crippen molar-refractivity contribution < 1.29 is 14.6 Å². The van der Waals surface area contributed by atoms with Crippen molar-refractivity contribution in [2.45, 2.75) is 57.7 Å². The molecule has 1 unspecified atom stereocenters. The Morgan fingerprint density at radius 1 is 1.10 bits per heavy atom. The van der Waals surface area contributed by atoms with E-state index in [4.69, 9.17) is 32.7 Å². The largest absolute Gasteiger partial charge is 0.379 e. The number of ether oxygens (including phenoxy) is 2. The standard InChI is InChI=1S/C15H24Cl2O3/c1-2-3-8-19-9-10-20-15(18)11-14(6-4-5-7-14)12(16)13(15)17/h18H,2-11H2,1H3. The van der Waals surface area contributed by atoms with Gasteiger partial charge in [0.2, 0.25) is 5.79 Å². The van der Waals surface area contributed by atoms with Crippen LogP contribution in [0.15, 0.2) is 10.1 Å². The first-order chi connectivity index (χ1) is 9.54. The zero-order valence-electron chi connectivity index (χ0n) is 12.1. The van der Waals surface area contributed by atoms with Crippen molar-refractivity contribution in [3.05, 3.63) is 10.1 Å². The molecule has 0 saturated heterocycles. The van der Waals surface area contributed by atoms with Crippen LogP contribution in [0.2, 0.25) is 0 Å². The molecule has 3 nitrogen and oxygen atoms in total. The zero-order valence-corrected chi connectivity index (χ0v) is 13.6. The van der Waals surface area contributed by atoms with Gasteiger partial charge >= 0.3 is 0 Å². The number of rotatable bonds is 7. The molecule has 0 heterocycles. The first kappa shape index (κ1) is 16.6. The Morgan fingerprint density at radius 3 is 2.45 bits per heavy atom. The van der Waals surface area contributed by atoms with E-state index in [0.717, 1.165) is 45.1 Å². The SMILES string of the molecule is CCCCOCCOC1(O)CC2(CCCC2)C(Cl)=C1Cl. The molecular formula is C15H24Cl2O3. The monoisotopic (exact) mass is 322 g/mol. The summed E-state index contributed by atoms with van der Waals surface area (Å²) < 4.78 is 11.0. The molecule has 1 spiro atoms. The average Bonchev–Trinajstić information content (AvgIpc) is 2.96. The fraction of sp³-hybridized carbons (Fsp3) is 0.867. The number of hydrogen-bond acceptors (Lipinski definition) is 3. The minimum absolute atomic E-state index is 0.156. The van der Waals surface area contributed by atoms with E-state index in [-0.39, 0.29) is 10.4 Å². The van der Waals surface area contributed by atoms with Gasteiger partial charge in [-0.05, 0) is 19.3 Å². The van der Waals surface area contributed by atoms with Crippen LogP contribution in [0.25, 0.3) is 0 Å². The molecule has 1 saturated carbocycles. The van der Waals surface area contributed by atoms with E-state index < -0.39 is 5.79 Å². The fourth-order valence-electron chi connectivity index (χ4n) is 3.20. The van der Waals surface area contributed by atoms with Gasteiger partial charge in [0.25, 0.3) is 0 Å². The molecule has 2 rings (SSSR count). The summed E-state index contributed by atoms with van der Waals surface area (Å²) in [6.07, 6.45) is 6.87. The molecule has 20 heavy (non-hydrogen) atoms. The fourth-order valence-corrected chi connectivity index (χ4v) is 3.92. The molecule has 0 bridgehead atoms. The summed E-state index contributed by atoms with van der Waals surface area (Å²) in [5, 5.41) is 11.5. The summed E-state index contributed by atoms with van der Waals surface area (Å²) in [6.45, 7) is 3.65. The molecule has 2 aliphatic carbocycles. The summed E-state index contributed by atoms with van der Waals surface area (Å²) in [4.78, 5) is 0. The van der Waals surface area contributed by atoms with E-state index in [1.165, 1.54) is 0 Å². The van der Waals surface area contributed by atoms with E-state index in [1.54, 1.807) is 0 Å². The normalized spacial score (nSPS) is 28.8. The van der Waals surface area contributed by atoms with E-state index in [2.05, 4.69) is 6.92 Å². The second kappa shape index (κ2) is 6.97. The van der Waals surface area contributed by atoms with Crippen molar-refractivity contribution in [3.8, 4) is 0 Å². The molecule has 0 aliphatic heterocycles. The predicted octanol–water partition coefficient (Wildman–Crippen LogP) is 4.16. The maximum Gasteiger partial charge on any atom is 0.205 e. The van der Waals surface area contributed by atoms with Gasteiger partial charge in [0.15, 0.2) is 0 Å². The third-order valence-electron chi connectivity index (χ3n) is 4.35. The molecule has 1 atom stereocenters. The van der Waals surface area contributed by atoms with Crippen LogP contribution in [0.4, 0.5) is 0 Å². The third kappa shape index (κ3) is 3.33. The van der Waals surface area contributed by atoms with Crippen molar-refractivity contribution in [1.82, 2.24) is 0 Å². The topological polar surface area (TPSA) is 38.7 Å². The summed E-state index contributed by atoms with van der Waals surface area (Å²) in [5.41, 5.74) is -0.156. The Kier molecular flexibility index (Phi) is 5.78. The van der Waals surface area contributed by atoms with Crippen LogP contribution in [-0.2, 0) is 9.47 Å². The van der Waals surface area contributed by atoms with Crippen molar-refractivity contribution in [2.24, 2.45) is 5.41 Å². The van der Waals surface area contributed by atoms with Crippen molar-refractivity contribution in [3.63, 3.8) is 0 Å². The maximum absolute atomic E-state index is 10.6. The molecule has 2 aliphatic rings. The Hall–Kier alpha value is 0.200. The lowest BCUT2D eigenvalue weighted by atomic mass is 9.84. The highest BCUT2D eigenvalue weighted by molar-refractivity contribution is 6.40. The van der Waals surface area contributed by atoms with Gasteiger partial charge in [0, 0.05) is 23.5 Å². The van der Waals surface area contributed by atoms with Crippen molar-refractivity contribution in [2.75, 3.05) is 19.8 Å². The molecule has 5 heteroatoms. The van der Waals surface area contributed by atoms with Gasteiger partial charge in [-0.3, -0.25) is 0 Å². The quantitative estimate of drug-likeness (QED) is 0.565. The van der Waals surface area contributed by atoms with Crippen LogP contribution < -0.4 is 0 Å². The second-order valence-corrected chi connectivity index (χ2v) is 6.65. The first-order valence-electron chi connectivity index (χ1n) is 7.54. The van der Waals surface area contributed by atoms with Crippen LogP contribution in [-0.4, -0.2) is 30.7 Å². The minimum Gasteiger partial charge on any atom is -0.379 e. The Labute approximate surface area is 131 Å². The van der Waals surface area contributed by atoms with E-state index in [0.29, 0.717) is 24.7 Å². The maximum atomic E-state index is 10.6. The van der Waals surface area contributed by atoms with Crippen LogP contribution in [0.1, 0.15) is 51.9 Å². The summed E-state index contributed by atoms with van der Waals surface area (Å²) >= 11 is 12.6. The van der Waals surface area contributed by atoms with Crippen LogP contribution in [0.5, 0.6) is 0 Å². The molecule has 0 aromatic rings. The predicted molar refractivity (Wildman–Crippen MR) is 80.9 cm³/mol. The molecule has 1 fully saturated rings. The number of aliphatic hydroxyl groups is 1. The molecular weight excluding hydrogens is 299 g/mol. The minimum atomic E-state index is -1.42. The van der Waals surface area contributed by atoms with Crippen LogP contribution >= 0.6 is 23.2 Å². The number of halogens is 2. The Morgan fingerprint density at radius 2 is 1.80 bits per heavy atom. The summed E-state index contributed by atoms with van der Waals surface area (Å²) in [5.74, 6) is -1.42.